The van der Waals surface area contributed by atoms with Crippen LogP contribution in [0.5, 0.6) is 5.75 Å². The number of halogens is 1. The van der Waals surface area contributed by atoms with Crippen LogP contribution in [0.15, 0.2) is 36.1 Å². The van der Waals surface area contributed by atoms with E-state index in [1.54, 1.807) is 12.1 Å². The van der Waals surface area contributed by atoms with Crippen LogP contribution >= 0.6 is 11.6 Å². The largest absolute Gasteiger partial charge is 0.509 e. The van der Waals surface area contributed by atoms with Gasteiger partial charge in [-0.15, -0.1) is 0 Å². The Morgan fingerprint density at radius 1 is 1.15 bits per heavy atom. The number of nitrogens with zero attached hydrogens (tertiary/aromatic N) is 2. The van der Waals surface area contributed by atoms with E-state index in [1.165, 1.54) is 11.0 Å². The van der Waals surface area contributed by atoms with Gasteiger partial charge in [0.05, 0.1) is 28.8 Å². The Labute approximate surface area is 154 Å². The Morgan fingerprint density at radius 3 is 2.65 bits per heavy atom. The van der Waals surface area contributed by atoms with Gasteiger partial charge in [0.15, 0.2) is 0 Å². The molecule has 0 fully saturated rings. The van der Waals surface area contributed by atoms with Gasteiger partial charge in [0.1, 0.15) is 23.2 Å². The molecule has 3 aromatic rings. The molecular formula is C19H17ClN4O2. The van der Waals surface area contributed by atoms with Crippen LogP contribution in [0.1, 0.15) is 17.0 Å². The van der Waals surface area contributed by atoms with Gasteiger partial charge in [-0.25, -0.2) is 4.98 Å². The van der Waals surface area contributed by atoms with Crippen molar-refractivity contribution in [3.63, 3.8) is 0 Å². The SMILES string of the molecule is Cc1cc2nc(C3=C(O)CN(c4cc(Cl)ccc4O)C3=N)[nH]c2cc1C. The predicted octanol–water partition coefficient (Wildman–Crippen LogP) is 4.31. The van der Waals surface area contributed by atoms with Crippen LogP contribution in [0.2, 0.25) is 5.02 Å². The lowest BCUT2D eigenvalue weighted by Gasteiger charge is -2.19. The van der Waals surface area contributed by atoms with Crippen LogP contribution in [0.4, 0.5) is 5.69 Å². The standard InChI is InChI=1S/C19H17ClN4O2/c1-9-5-12-13(6-10(9)2)23-19(22-12)17-16(26)8-24(18(17)21)14-7-11(20)3-4-15(14)25/h3-7,21,25-26H,8H2,1-2H3,(H,22,23). The van der Waals surface area contributed by atoms with Gasteiger partial charge in [0.25, 0.3) is 0 Å². The number of aryl methyl sites for hydroxylation is 2. The Bertz CT molecular complexity index is 1060. The van der Waals surface area contributed by atoms with Gasteiger partial charge < -0.3 is 20.1 Å². The van der Waals surface area contributed by atoms with Gasteiger partial charge >= 0.3 is 0 Å². The van der Waals surface area contributed by atoms with E-state index >= 15 is 0 Å². The Hall–Kier alpha value is -2.99. The molecule has 132 valence electrons. The number of hydrogen-bond acceptors (Lipinski definition) is 4. The second kappa shape index (κ2) is 5.78. The molecular weight excluding hydrogens is 352 g/mol. The number of aromatic nitrogens is 2. The van der Waals surface area contributed by atoms with Crippen molar-refractivity contribution in [2.45, 2.75) is 13.8 Å². The molecule has 6 nitrogen and oxygen atoms in total. The highest BCUT2D eigenvalue weighted by Gasteiger charge is 2.32. The highest BCUT2D eigenvalue weighted by atomic mass is 35.5. The number of aromatic amines is 1. The number of aliphatic hydroxyl groups is 1. The first-order valence-corrected chi connectivity index (χ1v) is 8.47. The monoisotopic (exact) mass is 368 g/mol. The van der Waals surface area contributed by atoms with Crippen molar-refractivity contribution in [3.05, 3.63) is 58.1 Å². The number of benzene rings is 2. The average molecular weight is 369 g/mol. The molecule has 4 rings (SSSR count). The van der Waals surface area contributed by atoms with E-state index in [0.717, 1.165) is 22.2 Å². The van der Waals surface area contributed by atoms with Crippen LogP contribution in [0.25, 0.3) is 16.6 Å². The number of aliphatic hydroxyl groups excluding tert-OH is 1. The zero-order chi connectivity index (χ0) is 18.6. The molecule has 0 amide bonds. The van der Waals surface area contributed by atoms with E-state index in [4.69, 9.17) is 17.0 Å². The number of fused-ring (bicyclic) bond motifs is 1. The van der Waals surface area contributed by atoms with E-state index in [0.29, 0.717) is 22.1 Å². The molecule has 0 unspecified atom stereocenters. The Balaban J connectivity index is 1.77. The second-order valence-electron chi connectivity index (χ2n) is 6.43. The molecule has 0 atom stereocenters. The maximum Gasteiger partial charge on any atom is 0.145 e. The van der Waals surface area contributed by atoms with Crippen LogP contribution in [-0.4, -0.2) is 32.6 Å². The van der Waals surface area contributed by atoms with Gasteiger partial charge in [-0.1, -0.05) is 11.6 Å². The first-order valence-electron chi connectivity index (χ1n) is 8.09. The second-order valence-corrected chi connectivity index (χ2v) is 6.86. The van der Waals surface area contributed by atoms with Crippen LogP contribution in [0, 0.1) is 19.3 Å². The summed E-state index contributed by atoms with van der Waals surface area (Å²) in [7, 11) is 0. The molecule has 0 saturated carbocycles. The molecule has 1 aromatic heterocycles. The minimum absolute atomic E-state index is 0.0101. The van der Waals surface area contributed by atoms with E-state index in [2.05, 4.69) is 9.97 Å². The van der Waals surface area contributed by atoms with Crippen molar-refractivity contribution in [2.24, 2.45) is 0 Å². The predicted molar refractivity (Wildman–Crippen MR) is 103 cm³/mol. The fourth-order valence-corrected chi connectivity index (χ4v) is 3.30. The number of hydrogen-bond donors (Lipinski definition) is 4. The van der Waals surface area contributed by atoms with Crippen molar-refractivity contribution >= 4 is 39.7 Å². The summed E-state index contributed by atoms with van der Waals surface area (Å²) in [5, 5.41) is 29.5. The maximum absolute atomic E-state index is 10.5. The molecule has 0 bridgehead atoms. The first kappa shape index (κ1) is 16.5. The number of anilines is 1. The zero-order valence-corrected chi connectivity index (χ0v) is 15.0. The molecule has 1 aliphatic heterocycles. The summed E-state index contributed by atoms with van der Waals surface area (Å²) in [5.74, 6) is 0.481. The number of amidine groups is 1. The van der Waals surface area contributed by atoms with E-state index in [1.807, 2.05) is 26.0 Å². The minimum atomic E-state index is -0.0101. The number of aromatic hydroxyl groups is 1. The zero-order valence-electron chi connectivity index (χ0n) is 14.3. The quantitative estimate of drug-likeness (QED) is 0.542. The number of phenolic OH excluding ortho intramolecular Hbond substituents is 1. The summed E-state index contributed by atoms with van der Waals surface area (Å²) >= 11 is 6.01. The number of H-pyrrole nitrogens is 1. The molecule has 1 aliphatic rings. The summed E-state index contributed by atoms with van der Waals surface area (Å²) < 4.78 is 0. The summed E-state index contributed by atoms with van der Waals surface area (Å²) in [6.45, 7) is 4.10. The Kier molecular flexibility index (Phi) is 3.66. The van der Waals surface area contributed by atoms with E-state index in [-0.39, 0.29) is 23.9 Å². The third kappa shape index (κ3) is 2.50. The topological polar surface area (TPSA) is 96.2 Å². The number of phenols is 1. The third-order valence-electron chi connectivity index (χ3n) is 4.67. The summed E-state index contributed by atoms with van der Waals surface area (Å²) in [4.78, 5) is 9.21. The minimum Gasteiger partial charge on any atom is -0.509 e. The Morgan fingerprint density at radius 2 is 1.88 bits per heavy atom. The molecule has 0 radical (unpaired) electrons. The number of rotatable bonds is 2. The van der Waals surface area contributed by atoms with Crippen LogP contribution in [0.3, 0.4) is 0 Å². The highest BCUT2D eigenvalue weighted by Crippen LogP contribution is 2.36. The third-order valence-corrected chi connectivity index (χ3v) is 4.90. The molecule has 2 aromatic carbocycles. The molecule has 4 N–H and O–H groups in total. The van der Waals surface area contributed by atoms with Crippen molar-refractivity contribution < 1.29 is 10.2 Å². The number of imidazole rings is 1. The molecule has 0 spiro atoms. The highest BCUT2D eigenvalue weighted by molar-refractivity contribution is 6.32. The van der Waals surface area contributed by atoms with Gasteiger partial charge in [-0.3, -0.25) is 5.41 Å². The average Bonchev–Trinajstić information content (AvgIpc) is 3.10. The summed E-state index contributed by atoms with van der Waals surface area (Å²) in [6.07, 6.45) is 0. The fraction of sp³-hybridized carbons (Fsp3) is 0.158. The molecule has 2 heterocycles. The maximum atomic E-state index is 10.5. The lowest BCUT2D eigenvalue weighted by atomic mass is 10.1. The van der Waals surface area contributed by atoms with Gasteiger partial charge in [0, 0.05) is 5.02 Å². The normalized spacial score (nSPS) is 14.7. The van der Waals surface area contributed by atoms with Gasteiger partial charge in [-0.2, -0.15) is 0 Å². The first-order chi connectivity index (χ1) is 12.3. The van der Waals surface area contributed by atoms with Crippen molar-refractivity contribution in [3.8, 4) is 5.75 Å². The van der Waals surface area contributed by atoms with Gasteiger partial charge in [-0.05, 0) is 55.3 Å². The fourth-order valence-electron chi connectivity index (χ4n) is 3.13. The van der Waals surface area contributed by atoms with E-state index in [9.17, 15) is 10.2 Å². The smallest absolute Gasteiger partial charge is 0.145 e. The molecule has 0 saturated heterocycles. The summed E-state index contributed by atoms with van der Waals surface area (Å²) in [6, 6.07) is 8.57. The molecule has 26 heavy (non-hydrogen) atoms. The molecule has 7 heteroatoms. The van der Waals surface area contributed by atoms with Crippen molar-refractivity contribution in [1.82, 2.24) is 9.97 Å². The van der Waals surface area contributed by atoms with Crippen molar-refractivity contribution in [2.75, 3.05) is 11.4 Å². The molecule has 0 aliphatic carbocycles. The summed E-state index contributed by atoms with van der Waals surface area (Å²) in [5.41, 5.74) is 4.57. The van der Waals surface area contributed by atoms with Crippen LogP contribution in [-0.2, 0) is 0 Å². The lowest BCUT2D eigenvalue weighted by Crippen LogP contribution is -2.26. The lowest BCUT2D eigenvalue weighted by molar-refractivity contribution is 0.410. The van der Waals surface area contributed by atoms with E-state index < -0.39 is 0 Å². The van der Waals surface area contributed by atoms with Crippen molar-refractivity contribution in [1.29, 1.82) is 5.41 Å². The van der Waals surface area contributed by atoms with Gasteiger partial charge in [0.2, 0.25) is 0 Å². The van der Waals surface area contributed by atoms with Crippen LogP contribution < -0.4 is 4.90 Å². The number of nitrogens with one attached hydrogen (secondary N) is 2.